The summed E-state index contributed by atoms with van der Waals surface area (Å²) in [4.78, 5) is 27.8. The van der Waals surface area contributed by atoms with Crippen LogP contribution in [0.3, 0.4) is 0 Å². The Hall–Kier alpha value is -3.59. The Morgan fingerprint density at radius 2 is 1.81 bits per heavy atom. The zero-order chi connectivity index (χ0) is 25.9. The quantitative estimate of drug-likeness (QED) is 0.450. The van der Waals surface area contributed by atoms with Gasteiger partial charge in [-0.2, -0.15) is 0 Å². The summed E-state index contributed by atoms with van der Waals surface area (Å²) in [6.45, 7) is 4.40. The third-order valence-corrected chi connectivity index (χ3v) is 8.29. The van der Waals surface area contributed by atoms with E-state index in [0.717, 1.165) is 16.3 Å². The van der Waals surface area contributed by atoms with Crippen molar-refractivity contribution in [2.75, 3.05) is 24.5 Å². The first-order valence-corrected chi connectivity index (χ1v) is 13.5. The Bertz CT molecular complexity index is 1380. The van der Waals surface area contributed by atoms with Gasteiger partial charge in [0.05, 0.1) is 17.7 Å². The molecule has 0 spiro atoms. The monoisotopic (exact) mass is 509 g/mol. The van der Waals surface area contributed by atoms with Crippen LogP contribution in [0.1, 0.15) is 32.3 Å². The molecule has 1 atom stereocenters. The zero-order valence-electron chi connectivity index (χ0n) is 20.7. The van der Waals surface area contributed by atoms with Crippen LogP contribution >= 0.6 is 0 Å². The fraction of sp³-hybridized carbons (Fsp3) is 0.333. The molecule has 2 amide bonds. The van der Waals surface area contributed by atoms with Crippen molar-refractivity contribution in [1.29, 1.82) is 0 Å². The van der Waals surface area contributed by atoms with Crippen molar-refractivity contribution in [3.8, 4) is 5.75 Å². The average Bonchev–Trinajstić information content (AvgIpc) is 3.10. The highest BCUT2D eigenvalue weighted by atomic mass is 32.2. The van der Waals surface area contributed by atoms with E-state index in [1.165, 1.54) is 9.21 Å². The largest absolute Gasteiger partial charge is 0.497 e. The van der Waals surface area contributed by atoms with Crippen LogP contribution in [0.4, 0.5) is 5.69 Å². The molecule has 0 aliphatic carbocycles. The molecule has 9 heteroatoms. The molecule has 3 aromatic rings. The summed E-state index contributed by atoms with van der Waals surface area (Å²) in [5.74, 6) is 0.209. The number of nitrogens with zero attached hydrogens (tertiary/aromatic N) is 2. The van der Waals surface area contributed by atoms with Gasteiger partial charge in [-0.05, 0) is 55.5 Å². The lowest BCUT2D eigenvalue weighted by atomic mass is 10.1. The molecule has 0 fully saturated rings. The van der Waals surface area contributed by atoms with Crippen molar-refractivity contribution in [3.63, 3.8) is 0 Å². The lowest BCUT2D eigenvalue weighted by Gasteiger charge is -2.29. The summed E-state index contributed by atoms with van der Waals surface area (Å²) in [6, 6.07) is 17.5. The number of carbonyl (C=O) groups is 2. The number of amides is 2. The Morgan fingerprint density at radius 3 is 2.53 bits per heavy atom. The normalized spacial score (nSPS) is 14.5. The fourth-order valence-corrected chi connectivity index (χ4v) is 6.34. The Kier molecular flexibility index (Phi) is 7.49. The smallest absolute Gasteiger partial charge is 0.265 e. The summed E-state index contributed by atoms with van der Waals surface area (Å²) in [7, 11) is -2.11. The number of hydrogen-bond donors (Lipinski definition) is 1. The molecule has 4 rings (SSSR count). The highest BCUT2D eigenvalue weighted by molar-refractivity contribution is 7.93. The Labute approximate surface area is 211 Å². The second kappa shape index (κ2) is 10.6. The number of benzene rings is 3. The summed E-state index contributed by atoms with van der Waals surface area (Å²) < 4.78 is 33.1. The third-order valence-electron chi connectivity index (χ3n) is 6.44. The van der Waals surface area contributed by atoms with Crippen molar-refractivity contribution in [2.45, 2.75) is 44.2 Å². The molecule has 0 aromatic heterocycles. The minimum absolute atomic E-state index is 0.103. The van der Waals surface area contributed by atoms with E-state index >= 15 is 0 Å². The van der Waals surface area contributed by atoms with E-state index < -0.39 is 16.1 Å². The van der Waals surface area contributed by atoms with Crippen LogP contribution in [0.5, 0.6) is 5.75 Å². The molecule has 1 aliphatic rings. The van der Waals surface area contributed by atoms with Crippen LogP contribution < -0.4 is 14.4 Å². The molecule has 0 saturated carbocycles. The topological polar surface area (TPSA) is 96.0 Å². The van der Waals surface area contributed by atoms with Crippen molar-refractivity contribution in [1.82, 2.24) is 10.2 Å². The molecule has 36 heavy (non-hydrogen) atoms. The molecular formula is C27H31N3O5S. The number of carbonyl (C=O) groups excluding carboxylic acids is 2. The van der Waals surface area contributed by atoms with Gasteiger partial charge in [0.2, 0.25) is 11.8 Å². The van der Waals surface area contributed by atoms with Crippen LogP contribution in [-0.4, -0.2) is 51.4 Å². The van der Waals surface area contributed by atoms with Crippen molar-refractivity contribution in [2.24, 2.45) is 0 Å². The van der Waals surface area contributed by atoms with Crippen LogP contribution in [0.25, 0.3) is 10.8 Å². The zero-order valence-corrected chi connectivity index (χ0v) is 21.5. The molecule has 8 nitrogen and oxygen atoms in total. The third kappa shape index (κ3) is 4.88. The maximum absolute atomic E-state index is 13.3. The SMILES string of the molecule is CCNC(=O)C(C)N(Cc1cccc(OC)c1)C(=O)CCCN1c2cccc3cccc(c23)S1(=O)=O. The number of methoxy groups -OCH3 is 1. The number of rotatable bonds is 10. The molecule has 0 bridgehead atoms. The second-order valence-corrected chi connectivity index (χ2v) is 10.6. The molecule has 0 saturated heterocycles. The standard InChI is InChI=1S/C27H31N3O5S/c1-4-28-27(32)19(2)29(18-20-9-5-12-22(17-20)35-3)25(31)15-8-16-30-23-13-6-10-21-11-7-14-24(26(21)23)36(30,33)34/h5-7,9-14,17,19H,4,8,15-16,18H2,1-3H3,(H,28,32). The molecular weight excluding hydrogens is 478 g/mol. The molecule has 190 valence electrons. The predicted octanol–water partition coefficient (Wildman–Crippen LogP) is 3.69. The second-order valence-electron chi connectivity index (χ2n) is 8.76. The van der Waals surface area contributed by atoms with E-state index in [0.29, 0.717) is 29.3 Å². The van der Waals surface area contributed by atoms with Crippen LogP contribution in [0, 0.1) is 0 Å². The average molecular weight is 510 g/mol. The maximum Gasteiger partial charge on any atom is 0.265 e. The number of likely N-dealkylation sites (N-methyl/N-ethyl adjacent to an activating group) is 1. The number of nitrogens with one attached hydrogen (secondary N) is 1. The van der Waals surface area contributed by atoms with E-state index in [1.54, 1.807) is 32.2 Å². The van der Waals surface area contributed by atoms with E-state index in [4.69, 9.17) is 4.74 Å². The van der Waals surface area contributed by atoms with Gasteiger partial charge in [0, 0.05) is 31.4 Å². The first-order valence-electron chi connectivity index (χ1n) is 12.0. The van der Waals surface area contributed by atoms with Gasteiger partial charge in [-0.15, -0.1) is 0 Å². The Balaban J connectivity index is 1.50. The van der Waals surface area contributed by atoms with E-state index in [-0.39, 0.29) is 31.3 Å². The summed E-state index contributed by atoms with van der Waals surface area (Å²) in [5.41, 5.74) is 1.47. The van der Waals surface area contributed by atoms with Gasteiger partial charge in [0.1, 0.15) is 11.8 Å². The van der Waals surface area contributed by atoms with Gasteiger partial charge in [0.25, 0.3) is 10.0 Å². The molecule has 1 N–H and O–H groups in total. The maximum atomic E-state index is 13.3. The molecule has 3 aromatic carbocycles. The molecule has 1 heterocycles. The fourth-order valence-electron chi connectivity index (χ4n) is 4.59. The number of hydrogen-bond acceptors (Lipinski definition) is 5. The van der Waals surface area contributed by atoms with Crippen molar-refractivity contribution < 1.29 is 22.7 Å². The summed E-state index contributed by atoms with van der Waals surface area (Å²) in [6.07, 6.45) is 0.422. The summed E-state index contributed by atoms with van der Waals surface area (Å²) in [5, 5.41) is 4.36. The molecule has 1 aliphatic heterocycles. The van der Waals surface area contributed by atoms with Crippen molar-refractivity contribution >= 4 is 38.3 Å². The van der Waals surface area contributed by atoms with E-state index in [2.05, 4.69) is 5.32 Å². The van der Waals surface area contributed by atoms with Crippen LogP contribution in [0.2, 0.25) is 0 Å². The molecule has 0 radical (unpaired) electrons. The van der Waals surface area contributed by atoms with Crippen LogP contribution in [0.15, 0.2) is 65.6 Å². The van der Waals surface area contributed by atoms with Gasteiger partial charge < -0.3 is 15.0 Å². The minimum Gasteiger partial charge on any atom is -0.497 e. The highest BCUT2D eigenvalue weighted by Gasteiger charge is 2.35. The number of sulfonamides is 1. The van der Waals surface area contributed by atoms with Gasteiger partial charge in [-0.25, -0.2) is 8.42 Å². The van der Waals surface area contributed by atoms with E-state index in [1.807, 2.05) is 49.4 Å². The lowest BCUT2D eigenvalue weighted by Crippen LogP contribution is -2.47. The molecule has 1 unspecified atom stereocenters. The first kappa shape index (κ1) is 25.5. The number of ether oxygens (including phenoxy) is 1. The van der Waals surface area contributed by atoms with Gasteiger partial charge in [0.15, 0.2) is 0 Å². The van der Waals surface area contributed by atoms with E-state index in [9.17, 15) is 18.0 Å². The van der Waals surface area contributed by atoms with Crippen LogP contribution in [-0.2, 0) is 26.2 Å². The van der Waals surface area contributed by atoms with Gasteiger partial charge in [-0.3, -0.25) is 13.9 Å². The Morgan fingerprint density at radius 1 is 1.08 bits per heavy atom. The summed E-state index contributed by atoms with van der Waals surface area (Å²) >= 11 is 0. The predicted molar refractivity (Wildman–Crippen MR) is 139 cm³/mol. The van der Waals surface area contributed by atoms with Crippen molar-refractivity contribution in [3.05, 3.63) is 66.2 Å². The first-order chi connectivity index (χ1) is 17.3. The lowest BCUT2D eigenvalue weighted by molar-refractivity contribution is -0.140. The van der Waals surface area contributed by atoms with Gasteiger partial charge in [-0.1, -0.05) is 36.4 Å². The minimum atomic E-state index is -3.68. The number of anilines is 1. The van der Waals surface area contributed by atoms with Gasteiger partial charge >= 0.3 is 0 Å². The highest BCUT2D eigenvalue weighted by Crippen LogP contribution is 2.42.